The van der Waals surface area contributed by atoms with Crippen molar-refractivity contribution in [2.75, 3.05) is 14.2 Å². The minimum absolute atomic E-state index is 0.327. The Morgan fingerprint density at radius 3 is 2.41 bits per heavy atom. The molecule has 182 valence electrons. The second-order valence-electron chi connectivity index (χ2n) is 12.3. The second kappa shape index (κ2) is 8.47. The van der Waals surface area contributed by atoms with Crippen molar-refractivity contribution in [1.82, 2.24) is 0 Å². The topological polar surface area (TPSA) is 22.8 Å². The molecule has 1 aromatic carbocycles. The van der Waals surface area contributed by atoms with E-state index in [1.165, 1.54) is 50.5 Å². The van der Waals surface area contributed by atoms with E-state index < -0.39 is 5.54 Å². The van der Waals surface area contributed by atoms with E-state index in [9.17, 15) is 0 Å². The fourth-order valence-electron chi connectivity index (χ4n) is 7.84. The van der Waals surface area contributed by atoms with Crippen LogP contribution in [0.4, 0.5) is 0 Å². The molecule has 0 amide bonds. The lowest BCUT2D eigenvalue weighted by Gasteiger charge is -2.56. The number of benzene rings is 1. The average Bonchev–Trinajstić information content (AvgIpc) is 3.24. The van der Waals surface area contributed by atoms with Crippen molar-refractivity contribution in [3.8, 4) is 17.6 Å². The molecule has 3 nitrogen and oxygen atoms in total. The van der Waals surface area contributed by atoms with Crippen molar-refractivity contribution >= 4 is 0 Å². The number of methoxy groups -OCH3 is 2. The summed E-state index contributed by atoms with van der Waals surface area (Å²) in [7, 11) is 3.37. The molecule has 34 heavy (non-hydrogen) atoms. The highest BCUT2D eigenvalue weighted by Gasteiger charge is 2.55. The van der Waals surface area contributed by atoms with E-state index in [0.29, 0.717) is 10.8 Å². The van der Waals surface area contributed by atoms with E-state index in [4.69, 9.17) is 14.3 Å². The summed E-state index contributed by atoms with van der Waals surface area (Å²) < 4.78 is 10.9. The number of ether oxygens (including phenoxy) is 2. The van der Waals surface area contributed by atoms with Crippen LogP contribution in [0, 0.1) is 34.7 Å². The van der Waals surface area contributed by atoms with Gasteiger partial charge in [-0.15, -0.1) is 0 Å². The van der Waals surface area contributed by atoms with Crippen molar-refractivity contribution in [3.05, 3.63) is 51.9 Å². The maximum Gasteiger partial charge on any atom is 0.307 e. The van der Waals surface area contributed by atoms with Gasteiger partial charge in [0.15, 0.2) is 0 Å². The van der Waals surface area contributed by atoms with Crippen LogP contribution in [0.15, 0.2) is 41.5 Å². The minimum Gasteiger partial charge on any atom is -0.497 e. The molecule has 0 aliphatic heterocycles. The average molecular weight is 461 g/mol. The highest BCUT2D eigenvalue weighted by atomic mass is 16.5. The van der Waals surface area contributed by atoms with Crippen molar-refractivity contribution < 1.29 is 9.47 Å². The smallest absolute Gasteiger partial charge is 0.307 e. The van der Waals surface area contributed by atoms with E-state index in [0.717, 1.165) is 41.2 Å². The van der Waals surface area contributed by atoms with Crippen molar-refractivity contribution in [1.29, 1.82) is 0 Å². The fraction of sp³-hybridized carbons (Fsp3) is 0.645. The monoisotopic (exact) mass is 460 g/mol. The molecular formula is C31H42NO2+. The molecule has 1 aromatic rings. The van der Waals surface area contributed by atoms with Gasteiger partial charge in [0.05, 0.1) is 19.8 Å². The van der Waals surface area contributed by atoms with Gasteiger partial charge in [-0.3, -0.25) is 0 Å². The predicted octanol–water partition coefficient (Wildman–Crippen LogP) is 8.16. The van der Waals surface area contributed by atoms with Gasteiger partial charge in [0.1, 0.15) is 11.5 Å². The lowest BCUT2D eigenvalue weighted by molar-refractivity contribution is -0.0182. The first-order valence-electron chi connectivity index (χ1n) is 13.3. The third kappa shape index (κ3) is 3.88. The summed E-state index contributed by atoms with van der Waals surface area (Å²) in [5.74, 6) is 4.26. The summed E-state index contributed by atoms with van der Waals surface area (Å²) in [6, 6.07) is 9.46. The molecule has 2 saturated carbocycles. The van der Waals surface area contributed by atoms with Gasteiger partial charge in [-0.2, -0.15) is 0 Å². The van der Waals surface area contributed by atoms with Crippen LogP contribution in [0.2, 0.25) is 0 Å². The summed E-state index contributed by atoms with van der Waals surface area (Å²) in [6.45, 7) is 9.41. The highest BCUT2D eigenvalue weighted by Crippen LogP contribution is 2.64. The third-order valence-electron chi connectivity index (χ3n) is 10.1. The molecule has 0 heterocycles. The van der Waals surface area contributed by atoms with E-state index in [1.54, 1.807) is 19.8 Å². The van der Waals surface area contributed by atoms with Crippen molar-refractivity contribution in [3.63, 3.8) is 0 Å². The van der Waals surface area contributed by atoms with Gasteiger partial charge in [0.25, 0.3) is 0 Å². The van der Waals surface area contributed by atoms with Gasteiger partial charge >= 0.3 is 11.6 Å². The normalized spacial score (nSPS) is 34.5. The number of hydrogen-bond acceptors (Lipinski definition) is 2. The summed E-state index contributed by atoms with van der Waals surface area (Å²) in [5.41, 5.74) is 4.40. The summed E-state index contributed by atoms with van der Waals surface area (Å²) in [6.07, 6.45) is 15.8. The predicted molar refractivity (Wildman–Crippen MR) is 140 cm³/mol. The largest absolute Gasteiger partial charge is 0.497 e. The van der Waals surface area contributed by atoms with Crippen LogP contribution in [0.3, 0.4) is 0 Å². The second-order valence-corrected chi connectivity index (χ2v) is 12.3. The molecule has 0 spiro atoms. The van der Waals surface area contributed by atoms with Crippen LogP contribution < -0.4 is 9.47 Å². The van der Waals surface area contributed by atoms with Crippen LogP contribution in [-0.4, -0.2) is 14.2 Å². The Morgan fingerprint density at radius 2 is 1.71 bits per heavy atom. The summed E-state index contributed by atoms with van der Waals surface area (Å²) in [5, 5.41) is 0. The Kier molecular flexibility index (Phi) is 5.86. The molecule has 4 aliphatic carbocycles. The number of nitrogens with zero attached hydrogens (tertiary/aromatic N) is 1. The quantitative estimate of drug-likeness (QED) is 0.454. The molecule has 0 unspecified atom stereocenters. The zero-order valence-electron chi connectivity index (χ0n) is 22.0. The number of rotatable bonds is 3. The van der Waals surface area contributed by atoms with Crippen molar-refractivity contribution in [2.24, 2.45) is 28.6 Å². The van der Waals surface area contributed by atoms with Crippen LogP contribution in [0.1, 0.15) is 84.6 Å². The first-order chi connectivity index (χ1) is 16.2. The van der Waals surface area contributed by atoms with E-state index >= 15 is 0 Å². The van der Waals surface area contributed by atoms with Gasteiger partial charge in [-0.05, 0) is 97.3 Å². The Bertz CT molecular complexity index is 1060. The fourth-order valence-corrected chi connectivity index (χ4v) is 7.84. The summed E-state index contributed by atoms with van der Waals surface area (Å²) >= 11 is 0. The maximum atomic E-state index is 5.47. The van der Waals surface area contributed by atoms with Gasteiger partial charge in [0.2, 0.25) is 0 Å². The van der Waals surface area contributed by atoms with E-state index in [2.05, 4.69) is 45.9 Å². The van der Waals surface area contributed by atoms with Crippen LogP contribution in [-0.2, 0) is 5.54 Å². The number of fused-ring (bicyclic) bond motifs is 5. The van der Waals surface area contributed by atoms with Crippen LogP contribution in [0.5, 0.6) is 11.5 Å². The Labute approximate surface area is 206 Å². The molecule has 0 radical (unpaired) electrons. The maximum absolute atomic E-state index is 5.47. The van der Waals surface area contributed by atoms with Gasteiger partial charge in [0, 0.05) is 25.5 Å². The Morgan fingerprint density at radius 1 is 0.971 bits per heavy atom. The minimum atomic E-state index is -0.411. The number of allylic oxidation sites excluding steroid dienone is 4. The van der Waals surface area contributed by atoms with Gasteiger partial charge in [-0.25, -0.2) is 0 Å². The molecule has 0 bridgehead atoms. The molecule has 0 aromatic heterocycles. The lowest BCUT2D eigenvalue weighted by Crippen LogP contribution is -2.47. The standard InChI is InChI=1S/C31H42NO2/c1-29(2,23-17-24(33-5)19-25(18-23)34-6)32-20-21-11-15-31(4)22(16-21)9-10-26-27-8-7-13-30(27,3)14-12-28(26)31/h9,16-19,26-28H,7-8,10-15H2,1-6H3/q+1/t26-,27-,28-,30-,31-/m0/s1. The first-order valence-corrected chi connectivity index (χ1v) is 13.3. The molecule has 2 fully saturated rings. The molecule has 5 atom stereocenters. The molecular weight excluding hydrogens is 418 g/mol. The SMILES string of the molecule is COc1cc(OC)cc(C(C)(C)[N+]#CC2=CC3=CC[C@H]4[C@@H]5CCC[C@@]5(C)CC[C@@H]4[C@@]3(C)CC2)c1. The zero-order chi connectivity index (χ0) is 24.1. The first kappa shape index (κ1) is 23.5. The zero-order valence-corrected chi connectivity index (χ0v) is 22.0. The molecule has 5 rings (SSSR count). The molecule has 0 saturated heterocycles. The molecule has 4 aliphatic rings. The Hall–Kier alpha value is -2.21. The van der Waals surface area contributed by atoms with Crippen molar-refractivity contribution in [2.45, 2.75) is 84.6 Å². The number of hydrogen-bond donors (Lipinski definition) is 0. The summed E-state index contributed by atoms with van der Waals surface area (Å²) in [4.78, 5) is 4.94. The lowest BCUT2D eigenvalue weighted by atomic mass is 9.49. The Balaban J connectivity index is 1.40. The van der Waals surface area contributed by atoms with Crippen LogP contribution >= 0.6 is 0 Å². The van der Waals surface area contributed by atoms with Crippen LogP contribution in [0.25, 0.3) is 4.85 Å². The third-order valence-corrected chi connectivity index (χ3v) is 10.1. The highest BCUT2D eigenvalue weighted by molar-refractivity contribution is 5.46. The van der Waals surface area contributed by atoms with Gasteiger partial charge in [-0.1, -0.05) is 31.2 Å². The van der Waals surface area contributed by atoms with E-state index in [-0.39, 0.29) is 0 Å². The molecule has 0 N–H and O–H groups in total. The molecule has 3 heteroatoms. The van der Waals surface area contributed by atoms with E-state index in [1.807, 2.05) is 18.2 Å². The van der Waals surface area contributed by atoms with Gasteiger partial charge < -0.3 is 9.47 Å².